The van der Waals surface area contributed by atoms with Gasteiger partial charge in [-0.3, -0.25) is 0 Å². The Labute approximate surface area is 101 Å². The van der Waals surface area contributed by atoms with E-state index in [4.69, 9.17) is 9.52 Å². The Morgan fingerprint density at radius 1 is 1.53 bits per heavy atom. The number of rotatable bonds is 5. The van der Waals surface area contributed by atoms with Crippen molar-refractivity contribution >= 4 is 5.97 Å². The summed E-state index contributed by atoms with van der Waals surface area (Å²) in [6, 6.07) is 3.69. The number of carboxylic acid groups (broad SMARTS) is 1. The maximum atomic E-state index is 10.6. The van der Waals surface area contributed by atoms with E-state index in [0.29, 0.717) is 18.3 Å². The molecule has 0 amide bonds. The second-order valence-corrected chi connectivity index (χ2v) is 4.79. The van der Waals surface area contributed by atoms with Crippen molar-refractivity contribution in [2.24, 2.45) is 5.92 Å². The van der Waals surface area contributed by atoms with Crippen LogP contribution in [0.3, 0.4) is 0 Å². The summed E-state index contributed by atoms with van der Waals surface area (Å²) in [6.45, 7) is 2.79. The van der Waals surface area contributed by atoms with Gasteiger partial charge in [0.25, 0.3) is 0 Å². The van der Waals surface area contributed by atoms with E-state index < -0.39 is 5.97 Å². The SMILES string of the molecule is C[C@H](NCc1ccc(C(=O)O)o1)C1CCCC1. The number of aromatic carboxylic acids is 1. The average Bonchev–Trinajstić information content (AvgIpc) is 2.97. The van der Waals surface area contributed by atoms with Crippen molar-refractivity contribution in [2.75, 3.05) is 0 Å². The standard InChI is InChI=1S/C13H19NO3/c1-9(10-4-2-3-5-10)14-8-11-6-7-12(17-11)13(15)16/h6-7,9-10,14H,2-5,8H2,1H3,(H,15,16)/t9-/m0/s1. The van der Waals surface area contributed by atoms with Crippen molar-refractivity contribution < 1.29 is 14.3 Å². The van der Waals surface area contributed by atoms with Gasteiger partial charge in [0.2, 0.25) is 5.76 Å². The van der Waals surface area contributed by atoms with E-state index >= 15 is 0 Å². The van der Waals surface area contributed by atoms with E-state index in [-0.39, 0.29) is 5.76 Å². The highest BCUT2D eigenvalue weighted by Crippen LogP contribution is 2.27. The summed E-state index contributed by atoms with van der Waals surface area (Å²) in [5.74, 6) is 0.437. The molecular formula is C13H19NO3. The van der Waals surface area contributed by atoms with Crippen molar-refractivity contribution in [3.63, 3.8) is 0 Å². The van der Waals surface area contributed by atoms with Gasteiger partial charge in [-0.1, -0.05) is 12.8 Å². The third-order valence-corrected chi connectivity index (χ3v) is 3.58. The molecule has 1 saturated carbocycles. The van der Waals surface area contributed by atoms with Crippen LogP contribution < -0.4 is 5.32 Å². The van der Waals surface area contributed by atoms with Crippen LogP contribution in [-0.2, 0) is 6.54 Å². The largest absolute Gasteiger partial charge is 0.475 e. The number of carbonyl (C=O) groups is 1. The van der Waals surface area contributed by atoms with Crippen molar-refractivity contribution in [3.05, 3.63) is 23.7 Å². The van der Waals surface area contributed by atoms with Crippen LogP contribution in [0.4, 0.5) is 0 Å². The van der Waals surface area contributed by atoms with Gasteiger partial charge in [0.05, 0.1) is 6.54 Å². The van der Waals surface area contributed by atoms with E-state index in [2.05, 4.69) is 12.2 Å². The first-order chi connectivity index (χ1) is 8.16. The second-order valence-electron chi connectivity index (χ2n) is 4.79. The third-order valence-electron chi connectivity index (χ3n) is 3.58. The molecule has 0 unspecified atom stereocenters. The number of hydrogen-bond donors (Lipinski definition) is 2. The molecule has 0 aromatic carbocycles. The summed E-state index contributed by atoms with van der Waals surface area (Å²) in [4.78, 5) is 10.6. The molecule has 1 fully saturated rings. The van der Waals surface area contributed by atoms with Crippen LogP contribution in [0.2, 0.25) is 0 Å². The zero-order valence-electron chi connectivity index (χ0n) is 10.1. The van der Waals surface area contributed by atoms with Crippen molar-refractivity contribution in [3.8, 4) is 0 Å². The van der Waals surface area contributed by atoms with Crippen molar-refractivity contribution in [1.29, 1.82) is 0 Å². The van der Waals surface area contributed by atoms with E-state index in [1.54, 1.807) is 6.07 Å². The first-order valence-corrected chi connectivity index (χ1v) is 6.22. The summed E-state index contributed by atoms with van der Waals surface area (Å²) < 4.78 is 5.20. The van der Waals surface area contributed by atoms with Crippen molar-refractivity contribution in [1.82, 2.24) is 5.32 Å². The Balaban J connectivity index is 1.82. The van der Waals surface area contributed by atoms with Crippen LogP contribution in [0.25, 0.3) is 0 Å². The summed E-state index contributed by atoms with van der Waals surface area (Å²) in [5.41, 5.74) is 0. The first-order valence-electron chi connectivity index (χ1n) is 6.22. The number of nitrogens with one attached hydrogen (secondary N) is 1. The maximum absolute atomic E-state index is 10.6. The molecule has 2 rings (SSSR count). The predicted molar refractivity (Wildman–Crippen MR) is 63.9 cm³/mol. The Kier molecular flexibility index (Phi) is 3.84. The third kappa shape index (κ3) is 3.09. The van der Waals surface area contributed by atoms with E-state index in [9.17, 15) is 4.79 Å². The number of furan rings is 1. The second kappa shape index (κ2) is 5.36. The minimum atomic E-state index is -1.01. The van der Waals surface area contributed by atoms with Crippen LogP contribution in [0.5, 0.6) is 0 Å². The summed E-state index contributed by atoms with van der Waals surface area (Å²) >= 11 is 0. The zero-order valence-corrected chi connectivity index (χ0v) is 10.1. The van der Waals surface area contributed by atoms with Crippen LogP contribution in [0.1, 0.15) is 48.9 Å². The normalized spacial score (nSPS) is 18.4. The zero-order chi connectivity index (χ0) is 12.3. The Bertz CT molecular complexity index is 380. The highest BCUT2D eigenvalue weighted by molar-refractivity contribution is 5.84. The predicted octanol–water partition coefficient (Wildman–Crippen LogP) is 2.65. The van der Waals surface area contributed by atoms with E-state index in [0.717, 1.165) is 5.92 Å². The molecule has 1 aromatic heterocycles. The van der Waals surface area contributed by atoms with Crippen LogP contribution in [-0.4, -0.2) is 17.1 Å². The molecule has 1 aromatic rings. The first kappa shape index (κ1) is 12.2. The average molecular weight is 237 g/mol. The Morgan fingerprint density at radius 2 is 2.24 bits per heavy atom. The summed E-state index contributed by atoms with van der Waals surface area (Å²) in [7, 11) is 0. The van der Waals surface area contributed by atoms with Gasteiger partial charge in [-0.15, -0.1) is 0 Å². The van der Waals surface area contributed by atoms with Gasteiger partial charge in [0.15, 0.2) is 0 Å². The summed E-state index contributed by atoms with van der Waals surface area (Å²) in [6.07, 6.45) is 5.26. The molecule has 1 aliphatic rings. The minimum absolute atomic E-state index is 0.00956. The fraction of sp³-hybridized carbons (Fsp3) is 0.615. The molecule has 4 heteroatoms. The number of carboxylic acids is 1. The van der Waals surface area contributed by atoms with Gasteiger partial charge in [-0.25, -0.2) is 4.79 Å². The molecule has 94 valence electrons. The van der Waals surface area contributed by atoms with Crippen LogP contribution in [0.15, 0.2) is 16.5 Å². The van der Waals surface area contributed by atoms with Gasteiger partial charge >= 0.3 is 5.97 Å². The molecular weight excluding hydrogens is 218 g/mol. The quantitative estimate of drug-likeness (QED) is 0.826. The van der Waals surface area contributed by atoms with E-state index in [1.165, 1.54) is 31.7 Å². The van der Waals surface area contributed by atoms with Gasteiger partial charge in [-0.2, -0.15) is 0 Å². The summed E-state index contributed by atoms with van der Waals surface area (Å²) in [5, 5.41) is 12.1. The molecule has 1 atom stereocenters. The van der Waals surface area contributed by atoms with Gasteiger partial charge < -0.3 is 14.8 Å². The Morgan fingerprint density at radius 3 is 2.82 bits per heavy atom. The lowest BCUT2D eigenvalue weighted by Gasteiger charge is -2.19. The fourth-order valence-electron chi connectivity index (χ4n) is 2.47. The van der Waals surface area contributed by atoms with Gasteiger partial charge in [0, 0.05) is 6.04 Å². The lowest BCUT2D eigenvalue weighted by molar-refractivity contribution is 0.0660. The van der Waals surface area contributed by atoms with Crippen molar-refractivity contribution in [2.45, 2.75) is 45.2 Å². The molecule has 17 heavy (non-hydrogen) atoms. The fourth-order valence-corrected chi connectivity index (χ4v) is 2.47. The topological polar surface area (TPSA) is 62.5 Å². The minimum Gasteiger partial charge on any atom is -0.475 e. The molecule has 0 radical (unpaired) electrons. The Hall–Kier alpha value is -1.29. The molecule has 1 aliphatic carbocycles. The van der Waals surface area contributed by atoms with Gasteiger partial charge in [0.1, 0.15) is 5.76 Å². The number of hydrogen-bond acceptors (Lipinski definition) is 3. The highest BCUT2D eigenvalue weighted by Gasteiger charge is 2.21. The van der Waals surface area contributed by atoms with Crippen LogP contribution >= 0.6 is 0 Å². The molecule has 1 heterocycles. The van der Waals surface area contributed by atoms with Crippen LogP contribution in [0, 0.1) is 5.92 Å². The smallest absolute Gasteiger partial charge is 0.371 e. The molecule has 2 N–H and O–H groups in total. The molecule has 0 saturated heterocycles. The van der Waals surface area contributed by atoms with Gasteiger partial charge in [-0.05, 0) is 37.8 Å². The lowest BCUT2D eigenvalue weighted by atomic mass is 10.00. The molecule has 0 spiro atoms. The monoisotopic (exact) mass is 237 g/mol. The lowest BCUT2D eigenvalue weighted by Crippen LogP contribution is -2.31. The molecule has 0 bridgehead atoms. The highest BCUT2D eigenvalue weighted by atomic mass is 16.4. The van der Waals surface area contributed by atoms with E-state index in [1.807, 2.05) is 0 Å². The molecule has 4 nitrogen and oxygen atoms in total. The maximum Gasteiger partial charge on any atom is 0.371 e. The molecule has 0 aliphatic heterocycles.